The molecule has 0 radical (unpaired) electrons. The van der Waals surface area contributed by atoms with E-state index < -0.39 is 0 Å². The minimum absolute atomic E-state index is 0.0683. The third-order valence-electron chi connectivity index (χ3n) is 2.25. The summed E-state index contributed by atoms with van der Waals surface area (Å²) in [5, 5.41) is 14.4. The van der Waals surface area contributed by atoms with Gasteiger partial charge in [-0.05, 0) is 13.8 Å². The minimum Gasteiger partial charge on any atom is -0.466 e. The summed E-state index contributed by atoms with van der Waals surface area (Å²) in [5.74, 6) is -0.343. The van der Waals surface area contributed by atoms with Crippen LogP contribution in [-0.4, -0.2) is 32.3 Å². The van der Waals surface area contributed by atoms with Crippen molar-refractivity contribution in [2.45, 2.75) is 26.9 Å². The molecule has 0 saturated carbocycles. The number of ether oxygens (including phenoxy) is 1. The van der Waals surface area contributed by atoms with Gasteiger partial charge < -0.3 is 9.84 Å². The second-order valence-corrected chi connectivity index (χ2v) is 4.62. The molecule has 0 unspecified atom stereocenters. The maximum atomic E-state index is 11.4. The summed E-state index contributed by atoms with van der Waals surface area (Å²) in [6, 6.07) is 0. The lowest BCUT2D eigenvalue weighted by Gasteiger charge is -2.00. The van der Waals surface area contributed by atoms with Gasteiger partial charge in [0.25, 0.3) is 0 Å². The molecular weight excluding hydrogens is 242 g/mol. The van der Waals surface area contributed by atoms with Gasteiger partial charge in [0.05, 0.1) is 31.0 Å². The fourth-order valence-electron chi connectivity index (χ4n) is 1.58. The highest BCUT2D eigenvalue weighted by molar-refractivity contribution is 7.16. The normalized spacial score (nSPS) is 11.0. The maximum Gasteiger partial charge on any atom is 0.311 e. The third kappa shape index (κ3) is 2.29. The van der Waals surface area contributed by atoms with Gasteiger partial charge in [-0.2, -0.15) is 5.10 Å². The summed E-state index contributed by atoms with van der Waals surface area (Å²) in [6.45, 7) is 3.76. The van der Waals surface area contributed by atoms with E-state index in [1.54, 1.807) is 11.4 Å². The van der Waals surface area contributed by atoms with Crippen LogP contribution in [0.2, 0.25) is 0 Å². The van der Waals surface area contributed by atoms with Gasteiger partial charge in [0, 0.05) is 0 Å². The largest absolute Gasteiger partial charge is 0.466 e. The lowest BCUT2D eigenvalue weighted by Crippen LogP contribution is -2.10. The molecule has 0 aliphatic rings. The van der Waals surface area contributed by atoms with Crippen LogP contribution in [0.4, 0.5) is 0 Å². The molecule has 2 heterocycles. The van der Waals surface area contributed by atoms with Crippen LogP contribution in [0.15, 0.2) is 0 Å². The lowest BCUT2D eigenvalue weighted by atomic mass is 10.2. The number of carbonyl (C=O) groups excluding carboxylic acids is 1. The van der Waals surface area contributed by atoms with E-state index in [2.05, 4.69) is 10.1 Å². The minimum atomic E-state index is -0.343. The van der Waals surface area contributed by atoms with E-state index in [0.717, 1.165) is 5.01 Å². The molecule has 92 valence electrons. The van der Waals surface area contributed by atoms with Crippen LogP contribution < -0.4 is 0 Å². The molecule has 0 aromatic carbocycles. The Kier molecular flexibility index (Phi) is 3.39. The number of aromatic nitrogens is 3. The predicted octanol–water partition coefficient (Wildman–Crippen LogP) is 0.697. The molecular formula is C10H13N3O3S. The van der Waals surface area contributed by atoms with E-state index in [0.29, 0.717) is 23.0 Å². The van der Waals surface area contributed by atoms with Crippen LogP contribution in [0, 0.1) is 6.92 Å². The molecule has 0 bridgehead atoms. The zero-order valence-electron chi connectivity index (χ0n) is 9.63. The van der Waals surface area contributed by atoms with Crippen molar-refractivity contribution < 1.29 is 14.6 Å². The summed E-state index contributed by atoms with van der Waals surface area (Å²) in [7, 11) is 0. The van der Waals surface area contributed by atoms with Crippen LogP contribution in [0.3, 0.4) is 0 Å². The van der Waals surface area contributed by atoms with Gasteiger partial charge >= 0.3 is 5.97 Å². The average Bonchev–Trinajstić information content (AvgIpc) is 2.73. The highest BCUT2D eigenvalue weighted by Gasteiger charge is 2.17. The third-order valence-corrected chi connectivity index (χ3v) is 3.07. The Morgan fingerprint density at radius 1 is 1.59 bits per heavy atom. The van der Waals surface area contributed by atoms with E-state index in [1.165, 1.54) is 11.3 Å². The van der Waals surface area contributed by atoms with Crippen molar-refractivity contribution in [2.24, 2.45) is 0 Å². The number of aliphatic hydroxyl groups excluding tert-OH is 1. The zero-order valence-corrected chi connectivity index (χ0v) is 10.5. The Balaban J connectivity index is 2.33. The Labute approximate surface area is 102 Å². The summed E-state index contributed by atoms with van der Waals surface area (Å²) in [5.41, 5.74) is 1.09. The molecule has 17 heavy (non-hydrogen) atoms. The van der Waals surface area contributed by atoms with Crippen molar-refractivity contribution >= 4 is 22.3 Å². The van der Waals surface area contributed by atoms with Gasteiger partial charge in [-0.25, -0.2) is 9.50 Å². The van der Waals surface area contributed by atoms with E-state index in [9.17, 15) is 9.90 Å². The van der Waals surface area contributed by atoms with Crippen molar-refractivity contribution in [1.29, 1.82) is 0 Å². The number of imidazole rings is 1. The molecule has 0 saturated heterocycles. The molecule has 0 aliphatic heterocycles. The molecule has 0 aliphatic carbocycles. The predicted molar refractivity (Wildman–Crippen MR) is 61.9 cm³/mol. The van der Waals surface area contributed by atoms with E-state index in [4.69, 9.17) is 4.74 Å². The summed E-state index contributed by atoms with van der Waals surface area (Å²) >= 11 is 1.42. The molecule has 6 nitrogen and oxygen atoms in total. The SMILES string of the molecule is CCOC(=O)Cc1nc2sc(C)nn2c1CO. The van der Waals surface area contributed by atoms with Crippen molar-refractivity contribution in [3.8, 4) is 0 Å². The molecule has 2 aromatic heterocycles. The zero-order chi connectivity index (χ0) is 12.4. The van der Waals surface area contributed by atoms with Crippen molar-refractivity contribution in [1.82, 2.24) is 14.6 Å². The van der Waals surface area contributed by atoms with Gasteiger partial charge in [0.2, 0.25) is 4.96 Å². The van der Waals surface area contributed by atoms with Crippen LogP contribution in [0.25, 0.3) is 4.96 Å². The number of fused-ring (bicyclic) bond motifs is 1. The topological polar surface area (TPSA) is 76.7 Å². The van der Waals surface area contributed by atoms with Crippen LogP contribution in [0.5, 0.6) is 0 Å². The quantitative estimate of drug-likeness (QED) is 0.814. The van der Waals surface area contributed by atoms with Gasteiger partial charge in [-0.1, -0.05) is 11.3 Å². The second-order valence-electron chi connectivity index (χ2n) is 3.46. The van der Waals surface area contributed by atoms with Crippen molar-refractivity contribution in [2.75, 3.05) is 6.61 Å². The number of nitrogens with zero attached hydrogens (tertiary/aromatic N) is 3. The van der Waals surface area contributed by atoms with Crippen molar-refractivity contribution in [3.05, 3.63) is 16.4 Å². The molecule has 0 atom stereocenters. The Morgan fingerprint density at radius 2 is 2.35 bits per heavy atom. The average molecular weight is 255 g/mol. The van der Waals surface area contributed by atoms with Crippen LogP contribution >= 0.6 is 11.3 Å². The monoisotopic (exact) mass is 255 g/mol. The smallest absolute Gasteiger partial charge is 0.311 e. The second kappa shape index (κ2) is 4.80. The molecule has 2 rings (SSSR count). The van der Waals surface area contributed by atoms with Crippen LogP contribution in [0.1, 0.15) is 23.3 Å². The first kappa shape index (κ1) is 12.0. The number of hydrogen-bond donors (Lipinski definition) is 1. The molecule has 7 heteroatoms. The number of esters is 1. The fraction of sp³-hybridized carbons (Fsp3) is 0.500. The Hall–Kier alpha value is -1.47. The first-order chi connectivity index (χ1) is 8.15. The molecule has 0 fully saturated rings. The molecule has 0 amide bonds. The molecule has 2 aromatic rings. The summed E-state index contributed by atoms with van der Waals surface area (Å²) < 4.78 is 6.43. The van der Waals surface area contributed by atoms with Crippen LogP contribution in [-0.2, 0) is 22.6 Å². The van der Waals surface area contributed by atoms with Gasteiger partial charge in [0.1, 0.15) is 5.01 Å². The first-order valence-corrected chi connectivity index (χ1v) is 6.07. The van der Waals surface area contributed by atoms with E-state index >= 15 is 0 Å². The molecule has 0 spiro atoms. The standard InChI is InChI=1S/C10H13N3O3S/c1-3-16-9(15)4-7-8(5-14)13-10(11-7)17-6(2)12-13/h14H,3-5H2,1-2H3. The van der Waals surface area contributed by atoms with Gasteiger partial charge in [0.15, 0.2) is 0 Å². The number of rotatable bonds is 4. The fourth-order valence-corrected chi connectivity index (χ4v) is 2.36. The number of aliphatic hydroxyl groups is 1. The Morgan fingerprint density at radius 3 is 3.00 bits per heavy atom. The lowest BCUT2D eigenvalue weighted by molar-refractivity contribution is -0.142. The van der Waals surface area contributed by atoms with E-state index in [-0.39, 0.29) is 19.0 Å². The first-order valence-electron chi connectivity index (χ1n) is 5.26. The number of hydrogen-bond acceptors (Lipinski definition) is 6. The molecule has 1 N–H and O–H groups in total. The van der Waals surface area contributed by atoms with Gasteiger partial charge in [-0.3, -0.25) is 4.79 Å². The Bertz CT molecular complexity index is 546. The maximum absolute atomic E-state index is 11.4. The van der Waals surface area contributed by atoms with E-state index in [1.807, 2.05) is 6.92 Å². The highest BCUT2D eigenvalue weighted by Crippen LogP contribution is 2.19. The number of aryl methyl sites for hydroxylation is 1. The van der Waals surface area contributed by atoms with Gasteiger partial charge in [-0.15, -0.1) is 0 Å². The highest BCUT2D eigenvalue weighted by atomic mass is 32.1. The van der Waals surface area contributed by atoms with Crippen molar-refractivity contribution in [3.63, 3.8) is 0 Å². The summed E-state index contributed by atoms with van der Waals surface area (Å²) in [4.78, 5) is 16.3. The summed E-state index contributed by atoms with van der Waals surface area (Å²) in [6.07, 6.45) is 0.0683. The number of carbonyl (C=O) groups is 1.